The van der Waals surface area contributed by atoms with Crippen LogP contribution in [-0.2, 0) is 0 Å². The topological polar surface area (TPSA) is 40.5 Å². The standard InChI is InChI=1S/C14H10O2/c15-13-9-5-1-2-6-10(9)14(16)12-8-4-3-7-11(12)13/h1-8,15-16H. The van der Waals surface area contributed by atoms with Gasteiger partial charge in [-0.2, -0.15) is 0 Å². The van der Waals surface area contributed by atoms with Gasteiger partial charge in [0, 0.05) is 21.5 Å². The highest BCUT2D eigenvalue weighted by Crippen LogP contribution is 2.40. The summed E-state index contributed by atoms with van der Waals surface area (Å²) in [6.45, 7) is 0. The van der Waals surface area contributed by atoms with Gasteiger partial charge in [-0.05, 0) is 0 Å². The number of aromatic hydroxyl groups is 2. The molecule has 78 valence electrons. The Hall–Kier alpha value is -2.22. The fourth-order valence-electron chi connectivity index (χ4n) is 2.08. The minimum absolute atomic E-state index is 0.226. The smallest absolute Gasteiger partial charge is 0.131 e. The molecule has 3 rings (SSSR count). The average Bonchev–Trinajstić information content (AvgIpc) is 2.36. The maximum atomic E-state index is 10.1. The van der Waals surface area contributed by atoms with Gasteiger partial charge in [-0.3, -0.25) is 0 Å². The monoisotopic (exact) mass is 210 g/mol. The maximum absolute atomic E-state index is 10.1. The quantitative estimate of drug-likeness (QED) is 0.441. The molecule has 3 aromatic rings. The first-order valence-electron chi connectivity index (χ1n) is 5.10. The molecule has 0 saturated carbocycles. The highest BCUT2D eigenvalue weighted by Gasteiger charge is 2.10. The molecule has 3 aromatic carbocycles. The Bertz CT molecular complexity index is 570. The van der Waals surface area contributed by atoms with Crippen molar-refractivity contribution in [1.29, 1.82) is 0 Å². The van der Waals surface area contributed by atoms with Gasteiger partial charge >= 0.3 is 0 Å². The lowest BCUT2D eigenvalue weighted by Crippen LogP contribution is -1.80. The molecule has 0 unspecified atom stereocenters. The Morgan fingerprint density at radius 3 is 1.00 bits per heavy atom. The van der Waals surface area contributed by atoms with E-state index in [1.807, 2.05) is 24.3 Å². The van der Waals surface area contributed by atoms with Crippen molar-refractivity contribution in [2.45, 2.75) is 0 Å². The summed E-state index contributed by atoms with van der Waals surface area (Å²) in [6, 6.07) is 14.6. The third-order valence-corrected chi connectivity index (χ3v) is 2.87. The summed E-state index contributed by atoms with van der Waals surface area (Å²) in [5.74, 6) is 0.452. The van der Waals surface area contributed by atoms with Crippen LogP contribution in [0.15, 0.2) is 48.5 Å². The van der Waals surface area contributed by atoms with Crippen LogP contribution in [0.1, 0.15) is 0 Å². The van der Waals surface area contributed by atoms with Gasteiger partial charge in [0.1, 0.15) is 11.5 Å². The zero-order valence-corrected chi connectivity index (χ0v) is 8.51. The molecule has 2 heteroatoms. The summed E-state index contributed by atoms with van der Waals surface area (Å²) in [6.07, 6.45) is 0. The minimum atomic E-state index is 0.226. The summed E-state index contributed by atoms with van der Waals surface area (Å²) in [5.41, 5.74) is 0. The highest BCUT2D eigenvalue weighted by molar-refractivity contribution is 6.10. The molecule has 0 aliphatic heterocycles. The molecule has 2 nitrogen and oxygen atoms in total. The maximum Gasteiger partial charge on any atom is 0.131 e. The van der Waals surface area contributed by atoms with E-state index in [-0.39, 0.29) is 11.5 Å². The lowest BCUT2D eigenvalue weighted by Gasteiger charge is -2.08. The van der Waals surface area contributed by atoms with E-state index < -0.39 is 0 Å². The van der Waals surface area contributed by atoms with Crippen LogP contribution >= 0.6 is 0 Å². The van der Waals surface area contributed by atoms with Gasteiger partial charge in [0.25, 0.3) is 0 Å². The number of hydrogen-bond acceptors (Lipinski definition) is 2. The first kappa shape index (κ1) is 9.04. The van der Waals surface area contributed by atoms with Crippen molar-refractivity contribution in [2.75, 3.05) is 0 Å². The lowest BCUT2D eigenvalue weighted by atomic mass is 10.0. The highest BCUT2D eigenvalue weighted by atomic mass is 16.3. The molecule has 0 bridgehead atoms. The van der Waals surface area contributed by atoms with Crippen LogP contribution < -0.4 is 0 Å². The predicted octanol–water partition coefficient (Wildman–Crippen LogP) is 3.40. The molecule has 0 aliphatic rings. The second kappa shape index (κ2) is 3.14. The van der Waals surface area contributed by atoms with Gasteiger partial charge in [-0.1, -0.05) is 48.5 Å². The van der Waals surface area contributed by atoms with Crippen molar-refractivity contribution in [3.05, 3.63) is 48.5 Å². The first-order valence-corrected chi connectivity index (χ1v) is 5.10. The van der Waals surface area contributed by atoms with E-state index in [0.717, 1.165) is 0 Å². The summed E-state index contributed by atoms with van der Waals surface area (Å²) in [7, 11) is 0. The van der Waals surface area contributed by atoms with Crippen LogP contribution in [0, 0.1) is 0 Å². The fourth-order valence-corrected chi connectivity index (χ4v) is 2.08. The zero-order chi connectivity index (χ0) is 11.1. The Kier molecular flexibility index (Phi) is 1.77. The molecule has 0 aromatic heterocycles. The molecule has 0 heterocycles. The molecule has 0 aliphatic carbocycles. The number of phenolic OH excluding ortho intramolecular Hbond substituents is 2. The largest absolute Gasteiger partial charge is 0.507 e. The van der Waals surface area contributed by atoms with Gasteiger partial charge in [-0.15, -0.1) is 0 Å². The van der Waals surface area contributed by atoms with E-state index in [0.29, 0.717) is 21.5 Å². The van der Waals surface area contributed by atoms with Crippen molar-refractivity contribution >= 4 is 21.5 Å². The van der Waals surface area contributed by atoms with Crippen LogP contribution in [0.2, 0.25) is 0 Å². The third kappa shape index (κ3) is 1.07. The number of rotatable bonds is 0. The first-order chi connectivity index (χ1) is 7.79. The molecular formula is C14H10O2. The van der Waals surface area contributed by atoms with Crippen molar-refractivity contribution in [1.82, 2.24) is 0 Å². The Labute approximate surface area is 92.4 Å². The van der Waals surface area contributed by atoms with Crippen molar-refractivity contribution in [3.63, 3.8) is 0 Å². The minimum Gasteiger partial charge on any atom is -0.507 e. The van der Waals surface area contributed by atoms with Gasteiger partial charge in [0.05, 0.1) is 0 Å². The summed E-state index contributed by atoms with van der Waals surface area (Å²) in [5, 5.41) is 23.0. The summed E-state index contributed by atoms with van der Waals surface area (Å²) >= 11 is 0. The summed E-state index contributed by atoms with van der Waals surface area (Å²) < 4.78 is 0. The number of hydrogen-bond donors (Lipinski definition) is 2. The SMILES string of the molecule is Oc1c2ccccc2c(O)c2ccccc12. The van der Waals surface area contributed by atoms with Gasteiger partial charge in [-0.25, -0.2) is 0 Å². The molecule has 0 atom stereocenters. The van der Waals surface area contributed by atoms with E-state index in [4.69, 9.17) is 0 Å². The predicted molar refractivity (Wildman–Crippen MR) is 64.8 cm³/mol. The van der Waals surface area contributed by atoms with Gasteiger partial charge in [0.15, 0.2) is 0 Å². The average molecular weight is 210 g/mol. The molecule has 0 saturated heterocycles. The van der Waals surface area contributed by atoms with Gasteiger partial charge in [0.2, 0.25) is 0 Å². The fraction of sp³-hybridized carbons (Fsp3) is 0. The van der Waals surface area contributed by atoms with Crippen LogP contribution in [0.25, 0.3) is 21.5 Å². The Balaban J connectivity index is 2.67. The second-order valence-corrected chi connectivity index (χ2v) is 3.79. The molecule has 16 heavy (non-hydrogen) atoms. The molecular weight excluding hydrogens is 200 g/mol. The second-order valence-electron chi connectivity index (χ2n) is 3.79. The molecule has 0 fully saturated rings. The van der Waals surface area contributed by atoms with Crippen LogP contribution in [0.5, 0.6) is 11.5 Å². The molecule has 0 spiro atoms. The normalized spacial score (nSPS) is 11.0. The molecule has 0 radical (unpaired) electrons. The Morgan fingerprint density at radius 1 is 0.500 bits per heavy atom. The van der Waals surface area contributed by atoms with Crippen molar-refractivity contribution in [2.24, 2.45) is 0 Å². The lowest BCUT2D eigenvalue weighted by molar-refractivity contribution is 0.478. The Morgan fingerprint density at radius 2 is 0.750 bits per heavy atom. The van der Waals surface area contributed by atoms with Gasteiger partial charge < -0.3 is 10.2 Å². The van der Waals surface area contributed by atoms with Crippen molar-refractivity contribution in [3.8, 4) is 11.5 Å². The zero-order valence-electron chi connectivity index (χ0n) is 8.51. The van der Waals surface area contributed by atoms with E-state index in [2.05, 4.69) is 0 Å². The van der Waals surface area contributed by atoms with E-state index in [9.17, 15) is 10.2 Å². The molecule has 2 N–H and O–H groups in total. The van der Waals surface area contributed by atoms with E-state index in [1.54, 1.807) is 24.3 Å². The van der Waals surface area contributed by atoms with E-state index >= 15 is 0 Å². The van der Waals surface area contributed by atoms with Crippen LogP contribution in [0.3, 0.4) is 0 Å². The summed E-state index contributed by atoms with van der Waals surface area (Å²) in [4.78, 5) is 0. The third-order valence-electron chi connectivity index (χ3n) is 2.87. The van der Waals surface area contributed by atoms with E-state index in [1.165, 1.54) is 0 Å². The van der Waals surface area contributed by atoms with Crippen LogP contribution in [0.4, 0.5) is 0 Å². The number of phenols is 2. The van der Waals surface area contributed by atoms with Crippen molar-refractivity contribution < 1.29 is 10.2 Å². The van der Waals surface area contributed by atoms with Crippen LogP contribution in [-0.4, -0.2) is 10.2 Å². The molecule has 0 amide bonds. The number of benzene rings is 3. The number of fused-ring (bicyclic) bond motifs is 2.